The number of H-pyrrole nitrogens is 1. The molecule has 1 atom stereocenters. The van der Waals surface area contributed by atoms with E-state index in [0.29, 0.717) is 53.2 Å². The number of imidazole rings is 1. The van der Waals surface area contributed by atoms with Crippen molar-refractivity contribution in [2.75, 3.05) is 29.6 Å². The number of amides is 1. The first-order valence-electron chi connectivity index (χ1n) is 15.9. The van der Waals surface area contributed by atoms with Gasteiger partial charge in [-0.2, -0.15) is 0 Å². The monoisotopic (exact) mass is 711 g/mol. The first-order chi connectivity index (χ1) is 23.6. The number of carbonyl (C=O) groups excluding carboxylic acids is 1. The highest BCUT2D eigenvalue weighted by Crippen LogP contribution is 2.50. The third kappa shape index (κ3) is 5.86. The van der Waals surface area contributed by atoms with Gasteiger partial charge in [0, 0.05) is 57.4 Å². The van der Waals surface area contributed by atoms with E-state index in [4.69, 9.17) is 28.2 Å². The first-order valence-corrected chi connectivity index (χ1v) is 18.5. The Hall–Kier alpha value is -4.68. The Balaban J connectivity index is 1.23. The lowest BCUT2D eigenvalue weighted by atomic mass is 9.88. The van der Waals surface area contributed by atoms with Gasteiger partial charge in [0.2, 0.25) is 10.0 Å². The van der Waals surface area contributed by atoms with Gasteiger partial charge in [0.1, 0.15) is 5.69 Å². The number of benzene rings is 3. The molecule has 2 aliphatic rings. The largest absolute Gasteiger partial charge is 0.355 e. The number of hydrogen-bond donors (Lipinski definition) is 3. The zero-order chi connectivity index (χ0) is 33.9. The van der Waals surface area contributed by atoms with E-state index in [0.717, 1.165) is 44.5 Å². The molecular formula is C36H31Cl2N7O3S. The highest BCUT2D eigenvalue weighted by Gasteiger charge is 2.36. The highest BCUT2D eigenvalue weighted by molar-refractivity contribution is 7.88. The molecule has 49 heavy (non-hydrogen) atoms. The molecule has 13 heteroatoms. The van der Waals surface area contributed by atoms with Gasteiger partial charge in [0.05, 0.1) is 35.7 Å². The average molecular weight is 713 g/mol. The number of pyridine rings is 1. The van der Waals surface area contributed by atoms with Gasteiger partial charge in [0.15, 0.2) is 5.82 Å². The SMILES string of the molecule is CS(=O)(=O)NC1CCN(c2ncccc2NC(=O)c2[nH]c3cc(Cl)cc4c3c2-c2c(-c3ccccc3)ncn2C4c2ccc(Cl)cc2)CC1. The maximum Gasteiger partial charge on any atom is 0.272 e. The summed E-state index contributed by atoms with van der Waals surface area (Å²) in [5.74, 6) is 0.285. The number of hydrogen-bond acceptors (Lipinski definition) is 6. The van der Waals surface area contributed by atoms with Crippen molar-refractivity contribution in [1.82, 2.24) is 24.2 Å². The summed E-state index contributed by atoms with van der Waals surface area (Å²) in [6.45, 7) is 1.16. The molecule has 1 amide bonds. The molecule has 1 unspecified atom stereocenters. The van der Waals surface area contributed by atoms with Crippen LogP contribution in [0.4, 0.5) is 11.5 Å². The fraction of sp³-hybridized carbons (Fsp3) is 0.194. The zero-order valence-electron chi connectivity index (χ0n) is 26.3. The van der Waals surface area contributed by atoms with E-state index in [1.54, 1.807) is 12.3 Å². The number of sulfonamides is 1. The summed E-state index contributed by atoms with van der Waals surface area (Å²) in [6.07, 6.45) is 5.92. The van der Waals surface area contributed by atoms with Crippen LogP contribution in [0.2, 0.25) is 10.0 Å². The normalized spacial score (nSPS) is 16.1. The van der Waals surface area contributed by atoms with Gasteiger partial charge in [0.25, 0.3) is 5.91 Å². The van der Waals surface area contributed by atoms with E-state index in [1.807, 2.05) is 79.1 Å². The van der Waals surface area contributed by atoms with Crippen LogP contribution in [-0.4, -0.2) is 59.2 Å². The molecule has 3 N–H and O–H groups in total. The summed E-state index contributed by atoms with van der Waals surface area (Å²) < 4.78 is 28.4. The molecule has 6 aromatic rings. The van der Waals surface area contributed by atoms with Crippen LogP contribution in [0.25, 0.3) is 33.4 Å². The predicted octanol–water partition coefficient (Wildman–Crippen LogP) is 7.12. The smallest absolute Gasteiger partial charge is 0.272 e. The summed E-state index contributed by atoms with van der Waals surface area (Å²) in [5.41, 5.74) is 6.82. The second kappa shape index (κ2) is 12.3. The Kier molecular flexibility index (Phi) is 7.95. The number of piperidine rings is 1. The lowest BCUT2D eigenvalue weighted by molar-refractivity contribution is 0.102. The second-order valence-electron chi connectivity index (χ2n) is 12.4. The molecule has 10 nitrogen and oxygen atoms in total. The van der Waals surface area contributed by atoms with Crippen LogP contribution in [-0.2, 0) is 10.0 Å². The number of fused-ring (bicyclic) bond motifs is 2. The van der Waals surface area contributed by atoms with Gasteiger partial charge < -0.3 is 19.8 Å². The van der Waals surface area contributed by atoms with Crippen molar-refractivity contribution in [3.05, 3.63) is 118 Å². The van der Waals surface area contributed by atoms with Gasteiger partial charge >= 0.3 is 0 Å². The summed E-state index contributed by atoms with van der Waals surface area (Å²) in [7, 11) is -3.30. The summed E-state index contributed by atoms with van der Waals surface area (Å²) in [5, 5.41) is 5.21. The minimum absolute atomic E-state index is 0.145. The van der Waals surface area contributed by atoms with Gasteiger partial charge in [-0.3, -0.25) is 4.79 Å². The number of halogens is 2. The number of aromatic amines is 1. The Morgan fingerprint density at radius 1 is 0.939 bits per heavy atom. The summed E-state index contributed by atoms with van der Waals surface area (Å²) in [6, 6.07) is 24.7. The van der Waals surface area contributed by atoms with Crippen LogP contribution < -0.4 is 14.9 Å². The van der Waals surface area contributed by atoms with Crippen LogP contribution in [0, 0.1) is 0 Å². The van der Waals surface area contributed by atoms with E-state index in [2.05, 4.69) is 29.5 Å². The van der Waals surface area contributed by atoms with Gasteiger partial charge in [-0.1, -0.05) is 65.7 Å². The molecular weight excluding hydrogens is 681 g/mol. The number of rotatable bonds is 7. The summed E-state index contributed by atoms with van der Waals surface area (Å²) in [4.78, 5) is 29.5. The Labute approximate surface area is 293 Å². The van der Waals surface area contributed by atoms with Crippen molar-refractivity contribution < 1.29 is 13.2 Å². The van der Waals surface area contributed by atoms with Gasteiger partial charge in [-0.15, -0.1) is 0 Å². The summed E-state index contributed by atoms with van der Waals surface area (Å²) >= 11 is 13.0. The zero-order valence-corrected chi connectivity index (χ0v) is 28.6. The van der Waals surface area contributed by atoms with E-state index in [1.165, 1.54) is 6.26 Å². The van der Waals surface area contributed by atoms with Gasteiger partial charge in [-0.05, 0) is 60.4 Å². The van der Waals surface area contributed by atoms with E-state index >= 15 is 0 Å². The molecule has 0 bridgehead atoms. The van der Waals surface area contributed by atoms with Crippen LogP contribution in [0.5, 0.6) is 0 Å². The van der Waals surface area contributed by atoms with Crippen LogP contribution in [0.1, 0.15) is 40.5 Å². The molecule has 0 spiro atoms. The number of nitrogens with zero attached hydrogens (tertiary/aromatic N) is 4. The number of nitrogens with one attached hydrogen (secondary N) is 3. The quantitative estimate of drug-likeness (QED) is 0.162. The third-order valence-electron chi connectivity index (χ3n) is 9.17. The maximum atomic E-state index is 14.5. The molecule has 248 valence electrons. The molecule has 3 aromatic carbocycles. The van der Waals surface area contributed by atoms with E-state index < -0.39 is 10.0 Å². The molecule has 0 radical (unpaired) electrons. The molecule has 8 rings (SSSR count). The third-order valence-corrected chi connectivity index (χ3v) is 10.4. The molecule has 2 aliphatic heterocycles. The lowest BCUT2D eigenvalue weighted by Crippen LogP contribution is -2.44. The standard InChI is InChI=1S/C36H31Cl2N7O3S/c1-49(47,48)43-25-13-16-44(17-14-25)35-27(8-5-15-39-35)42-36(46)32-30-29-26(18-24(38)19-28(29)41-32)33(22-9-11-23(37)12-10-22)45-20-40-31(34(30)45)21-6-3-2-4-7-21/h2-12,15,18-20,25,33,41,43H,13-14,16-17H2,1H3,(H,42,46). The Morgan fingerprint density at radius 2 is 1.69 bits per heavy atom. The predicted molar refractivity (Wildman–Crippen MR) is 194 cm³/mol. The minimum atomic E-state index is -3.30. The van der Waals surface area contributed by atoms with Crippen LogP contribution in [0.3, 0.4) is 0 Å². The molecule has 0 aliphatic carbocycles. The number of anilines is 2. The minimum Gasteiger partial charge on any atom is -0.355 e. The molecule has 1 saturated heterocycles. The van der Waals surface area contributed by atoms with Crippen molar-refractivity contribution in [3.63, 3.8) is 0 Å². The van der Waals surface area contributed by atoms with Crippen LogP contribution in [0.15, 0.2) is 91.4 Å². The number of carbonyl (C=O) groups is 1. The lowest BCUT2D eigenvalue weighted by Gasteiger charge is -2.33. The fourth-order valence-corrected chi connectivity index (χ4v) is 8.33. The Bertz CT molecular complexity index is 2330. The maximum absolute atomic E-state index is 14.5. The second-order valence-corrected chi connectivity index (χ2v) is 15.1. The van der Waals surface area contributed by atoms with Crippen molar-refractivity contribution in [3.8, 4) is 22.5 Å². The number of aromatic nitrogens is 4. The van der Waals surface area contributed by atoms with E-state index in [9.17, 15) is 13.2 Å². The average Bonchev–Trinajstić information content (AvgIpc) is 3.69. The van der Waals surface area contributed by atoms with Crippen molar-refractivity contribution in [2.24, 2.45) is 0 Å². The molecule has 1 fully saturated rings. The highest BCUT2D eigenvalue weighted by atomic mass is 35.5. The van der Waals surface area contributed by atoms with Crippen molar-refractivity contribution in [1.29, 1.82) is 0 Å². The Morgan fingerprint density at radius 3 is 2.43 bits per heavy atom. The molecule has 5 heterocycles. The van der Waals surface area contributed by atoms with Crippen LogP contribution >= 0.6 is 23.2 Å². The topological polar surface area (TPSA) is 125 Å². The van der Waals surface area contributed by atoms with E-state index in [-0.39, 0.29) is 18.0 Å². The van der Waals surface area contributed by atoms with Gasteiger partial charge in [-0.25, -0.2) is 23.1 Å². The fourth-order valence-electron chi connectivity index (χ4n) is 7.14. The molecule has 0 saturated carbocycles. The van der Waals surface area contributed by atoms with Crippen molar-refractivity contribution in [2.45, 2.75) is 24.9 Å². The van der Waals surface area contributed by atoms with Crippen molar-refractivity contribution >= 4 is 61.5 Å². The molecule has 3 aromatic heterocycles. The first kappa shape index (κ1) is 31.6.